The summed E-state index contributed by atoms with van der Waals surface area (Å²) < 4.78 is 5.10. The van der Waals surface area contributed by atoms with Gasteiger partial charge in [0.05, 0.1) is 37.5 Å². The van der Waals surface area contributed by atoms with Crippen molar-refractivity contribution in [3.05, 3.63) is 4.91 Å². The van der Waals surface area contributed by atoms with Gasteiger partial charge < -0.3 is 9.84 Å². The number of nitroso groups, excluding NO2 is 1. The number of hydrogen-bond donors (Lipinski definition) is 1. The molecule has 1 saturated heterocycles. The molecule has 1 aliphatic rings. The van der Waals surface area contributed by atoms with E-state index in [1.54, 1.807) is 0 Å². The van der Waals surface area contributed by atoms with E-state index < -0.39 is 12.1 Å². The first-order valence-electron chi connectivity index (χ1n) is 3.64. The predicted octanol–water partition coefficient (Wildman–Crippen LogP) is -0.157. The fourth-order valence-electron chi connectivity index (χ4n) is 1.10. The van der Waals surface area contributed by atoms with Gasteiger partial charge in [0, 0.05) is 0 Å². The fourth-order valence-corrected chi connectivity index (χ4v) is 1.10. The first kappa shape index (κ1) is 8.92. The van der Waals surface area contributed by atoms with Crippen molar-refractivity contribution < 1.29 is 14.6 Å². The van der Waals surface area contributed by atoms with Gasteiger partial charge in [0.2, 0.25) is 0 Å². The number of hydrogen-bond acceptors (Lipinski definition) is 4. The normalized spacial score (nSPS) is 23.7. The second-order valence-corrected chi connectivity index (χ2v) is 2.58. The topological polar surface area (TPSA) is 79.2 Å². The van der Waals surface area contributed by atoms with Gasteiger partial charge in [0.15, 0.2) is 0 Å². The maximum absolute atomic E-state index is 10.3. The molecule has 1 unspecified atom stereocenters. The van der Waals surface area contributed by atoms with Crippen LogP contribution in [0.15, 0.2) is 5.29 Å². The van der Waals surface area contributed by atoms with Gasteiger partial charge in [-0.1, -0.05) is 0 Å². The van der Waals surface area contributed by atoms with Crippen molar-refractivity contribution in [2.45, 2.75) is 12.5 Å². The number of nitrogens with zero attached hydrogens (tertiary/aromatic N) is 2. The number of carboxylic acid groups (broad SMARTS) is 1. The maximum Gasteiger partial charge on any atom is 0.306 e. The van der Waals surface area contributed by atoms with Gasteiger partial charge in [0.1, 0.15) is 0 Å². The van der Waals surface area contributed by atoms with E-state index in [1.165, 1.54) is 5.01 Å². The number of morpholine rings is 1. The summed E-state index contributed by atoms with van der Waals surface area (Å²) >= 11 is 0. The number of rotatable bonds is 3. The first-order chi connectivity index (χ1) is 5.72. The SMILES string of the molecule is O=NN1CCOC(CC(=O)O)C1. The van der Waals surface area contributed by atoms with Gasteiger partial charge in [-0.15, -0.1) is 4.91 Å². The van der Waals surface area contributed by atoms with Gasteiger partial charge >= 0.3 is 5.97 Å². The molecular formula is C6H10N2O4. The predicted molar refractivity (Wildman–Crippen MR) is 39.4 cm³/mol. The minimum Gasteiger partial charge on any atom is -0.481 e. The van der Waals surface area contributed by atoms with Crippen LogP contribution < -0.4 is 0 Å². The van der Waals surface area contributed by atoms with Crippen LogP contribution in [0, 0.1) is 4.91 Å². The largest absolute Gasteiger partial charge is 0.481 e. The molecule has 1 aliphatic heterocycles. The average Bonchev–Trinajstić information content (AvgIpc) is 2.03. The highest BCUT2D eigenvalue weighted by Crippen LogP contribution is 2.08. The van der Waals surface area contributed by atoms with E-state index >= 15 is 0 Å². The molecule has 68 valence electrons. The van der Waals surface area contributed by atoms with Crippen LogP contribution >= 0.6 is 0 Å². The standard InChI is InChI=1S/C6H10N2O4/c9-6(10)3-5-4-8(7-11)1-2-12-5/h5H,1-4H2,(H,9,10). The molecule has 6 nitrogen and oxygen atoms in total. The second-order valence-electron chi connectivity index (χ2n) is 2.58. The fraction of sp³-hybridized carbons (Fsp3) is 0.833. The molecule has 0 spiro atoms. The number of carboxylic acids is 1. The number of aliphatic carboxylic acids is 1. The van der Waals surface area contributed by atoms with E-state index in [9.17, 15) is 9.70 Å². The zero-order chi connectivity index (χ0) is 8.97. The molecule has 0 saturated carbocycles. The minimum atomic E-state index is -0.923. The van der Waals surface area contributed by atoms with Gasteiger partial charge in [-0.25, -0.2) is 0 Å². The smallest absolute Gasteiger partial charge is 0.306 e. The van der Waals surface area contributed by atoms with Gasteiger partial charge in [0.25, 0.3) is 0 Å². The highest BCUT2D eigenvalue weighted by Gasteiger charge is 2.22. The summed E-state index contributed by atoms with van der Waals surface area (Å²) in [4.78, 5) is 20.3. The van der Waals surface area contributed by atoms with E-state index in [1.807, 2.05) is 0 Å². The zero-order valence-electron chi connectivity index (χ0n) is 6.47. The zero-order valence-corrected chi connectivity index (χ0v) is 6.47. The van der Waals surface area contributed by atoms with Crippen LogP contribution in [0.1, 0.15) is 6.42 Å². The lowest BCUT2D eigenvalue weighted by Gasteiger charge is -2.27. The minimum absolute atomic E-state index is 0.0774. The van der Waals surface area contributed by atoms with Crippen molar-refractivity contribution in [1.29, 1.82) is 0 Å². The second kappa shape index (κ2) is 4.01. The number of ether oxygens (including phenoxy) is 1. The molecule has 12 heavy (non-hydrogen) atoms. The van der Waals surface area contributed by atoms with Crippen LogP contribution in [0.25, 0.3) is 0 Å². The van der Waals surface area contributed by atoms with Crippen molar-refractivity contribution in [3.8, 4) is 0 Å². The summed E-state index contributed by atoms with van der Waals surface area (Å²) in [6.45, 7) is 1.08. The van der Waals surface area contributed by atoms with Gasteiger partial charge in [-0.05, 0) is 0 Å². The molecular weight excluding hydrogens is 164 g/mol. The summed E-state index contributed by atoms with van der Waals surface area (Å²) in [5.74, 6) is -0.923. The molecule has 0 bridgehead atoms. The van der Waals surface area contributed by atoms with Crippen LogP contribution in [-0.2, 0) is 9.53 Å². The Hall–Kier alpha value is -1.17. The molecule has 1 atom stereocenters. The number of carbonyl (C=O) groups is 1. The lowest BCUT2D eigenvalue weighted by Crippen LogP contribution is -2.40. The van der Waals surface area contributed by atoms with Crippen LogP contribution in [0.2, 0.25) is 0 Å². The molecule has 0 radical (unpaired) electrons. The molecule has 1 heterocycles. The third kappa shape index (κ3) is 2.46. The molecule has 6 heteroatoms. The van der Waals surface area contributed by atoms with Gasteiger partial charge in [-0.2, -0.15) is 0 Å². The molecule has 0 aromatic carbocycles. The van der Waals surface area contributed by atoms with Crippen LogP contribution in [0.4, 0.5) is 0 Å². The lowest BCUT2D eigenvalue weighted by molar-refractivity contribution is -0.142. The summed E-state index contributed by atoms with van der Waals surface area (Å²) in [6.07, 6.45) is -0.486. The molecule has 0 aromatic rings. The van der Waals surface area contributed by atoms with E-state index in [-0.39, 0.29) is 13.0 Å². The maximum atomic E-state index is 10.3. The average molecular weight is 174 g/mol. The Bertz CT molecular complexity index is 184. The van der Waals surface area contributed by atoms with Crippen molar-refractivity contribution in [1.82, 2.24) is 5.01 Å². The van der Waals surface area contributed by atoms with Crippen molar-refractivity contribution in [3.63, 3.8) is 0 Å². The lowest BCUT2D eigenvalue weighted by atomic mass is 10.2. The van der Waals surface area contributed by atoms with Crippen molar-refractivity contribution in [2.24, 2.45) is 5.29 Å². The van der Waals surface area contributed by atoms with Crippen molar-refractivity contribution >= 4 is 5.97 Å². The summed E-state index contributed by atoms with van der Waals surface area (Å²) in [7, 11) is 0. The van der Waals surface area contributed by atoms with Crippen LogP contribution in [0.3, 0.4) is 0 Å². The monoisotopic (exact) mass is 174 g/mol. The Morgan fingerprint density at radius 3 is 3.08 bits per heavy atom. The summed E-state index contributed by atoms with van der Waals surface area (Å²) in [5.41, 5.74) is 0. The summed E-state index contributed by atoms with van der Waals surface area (Å²) in [5, 5.41) is 12.4. The molecule has 1 fully saturated rings. The Morgan fingerprint density at radius 2 is 2.50 bits per heavy atom. The van der Waals surface area contributed by atoms with E-state index in [4.69, 9.17) is 9.84 Å². The third-order valence-corrected chi connectivity index (χ3v) is 1.64. The molecule has 1 N–H and O–H groups in total. The Morgan fingerprint density at radius 1 is 1.75 bits per heavy atom. The van der Waals surface area contributed by atoms with E-state index in [0.717, 1.165) is 0 Å². The first-order valence-corrected chi connectivity index (χ1v) is 3.64. The third-order valence-electron chi connectivity index (χ3n) is 1.64. The van der Waals surface area contributed by atoms with Crippen LogP contribution in [-0.4, -0.2) is 41.9 Å². The highest BCUT2D eigenvalue weighted by molar-refractivity contribution is 5.67. The Labute approximate surface area is 69.1 Å². The molecule has 1 rings (SSSR count). The molecule has 0 aliphatic carbocycles. The Kier molecular flexibility index (Phi) is 2.98. The van der Waals surface area contributed by atoms with E-state index in [2.05, 4.69) is 5.29 Å². The van der Waals surface area contributed by atoms with Crippen molar-refractivity contribution in [2.75, 3.05) is 19.7 Å². The molecule has 0 amide bonds. The summed E-state index contributed by atoms with van der Waals surface area (Å²) in [6, 6.07) is 0. The Balaban J connectivity index is 2.35. The van der Waals surface area contributed by atoms with E-state index in [0.29, 0.717) is 13.2 Å². The van der Waals surface area contributed by atoms with Crippen LogP contribution in [0.5, 0.6) is 0 Å². The quantitative estimate of drug-likeness (QED) is 0.601. The van der Waals surface area contributed by atoms with Gasteiger partial charge in [-0.3, -0.25) is 9.80 Å². The highest BCUT2D eigenvalue weighted by atomic mass is 16.5. The molecule has 0 aromatic heterocycles.